The average molecular weight is 313 g/mol. The standard InChI is InChI=1S/C13H19N3O6/c1-21-6-4-16(9-12(18)19)11(17)8-15-13(20)14-7-10-3-2-5-22-10/h2-3,5H,4,6-9H2,1H3,(H,18,19)(H2,14,15,20). The van der Waals surface area contributed by atoms with Gasteiger partial charge in [0.2, 0.25) is 5.91 Å². The van der Waals surface area contributed by atoms with Crippen LogP contribution in [0.1, 0.15) is 5.76 Å². The quantitative estimate of drug-likeness (QED) is 0.572. The minimum atomic E-state index is -1.13. The van der Waals surface area contributed by atoms with E-state index in [0.29, 0.717) is 5.76 Å². The molecule has 22 heavy (non-hydrogen) atoms. The van der Waals surface area contributed by atoms with Crippen molar-refractivity contribution in [2.75, 3.05) is 33.4 Å². The molecule has 0 aromatic carbocycles. The molecule has 0 aliphatic rings. The Kier molecular flexibility index (Phi) is 7.48. The Morgan fingerprint density at radius 1 is 1.36 bits per heavy atom. The summed E-state index contributed by atoms with van der Waals surface area (Å²) in [6, 6.07) is 2.84. The molecule has 0 aliphatic carbocycles. The van der Waals surface area contributed by atoms with Crippen molar-refractivity contribution in [3.63, 3.8) is 0 Å². The van der Waals surface area contributed by atoms with Crippen LogP contribution in [-0.4, -0.2) is 61.3 Å². The summed E-state index contributed by atoms with van der Waals surface area (Å²) < 4.78 is 9.85. The van der Waals surface area contributed by atoms with Gasteiger partial charge in [-0.2, -0.15) is 0 Å². The number of furan rings is 1. The molecule has 9 nitrogen and oxygen atoms in total. The highest BCUT2D eigenvalue weighted by atomic mass is 16.5. The maximum atomic E-state index is 11.9. The zero-order valence-electron chi connectivity index (χ0n) is 12.2. The Hall–Kier alpha value is -2.55. The molecule has 3 N–H and O–H groups in total. The van der Waals surface area contributed by atoms with Gasteiger partial charge >= 0.3 is 12.0 Å². The second-order valence-corrected chi connectivity index (χ2v) is 4.32. The van der Waals surface area contributed by atoms with Gasteiger partial charge in [0.05, 0.1) is 26.0 Å². The first-order valence-corrected chi connectivity index (χ1v) is 6.55. The van der Waals surface area contributed by atoms with Crippen molar-refractivity contribution in [1.82, 2.24) is 15.5 Å². The summed E-state index contributed by atoms with van der Waals surface area (Å²) in [6.07, 6.45) is 1.48. The maximum absolute atomic E-state index is 11.9. The van der Waals surface area contributed by atoms with E-state index in [9.17, 15) is 14.4 Å². The van der Waals surface area contributed by atoms with Crippen LogP contribution in [0.4, 0.5) is 4.79 Å². The minimum absolute atomic E-state index is 0.136. The number of amides is 3. The monoisotopic (exact) mass is 313 g/mol. The van der Waals surface area contributed by atoms with Crippen molar-refractivity contribution in [1.29, 1.82) is 0 Å². The van der Waals surface area contributed by atoms with Gasteiger partial charge in [0, 0.05) is 13.7 Å². The number of hydrogen-bond acceptors (Lipinski definition) is 5. The Morgan fingerprint density at radius 3 is 2.73 bits per heavy atom. The maximum Gasteiger partial charge on any atom is 0.323 e. The normalized spacial score (nSPS) is 10.0. The molecule has 0 radical (unpaired) electrons. The Balaban J connectivity index is 2.34. The third-order valence-electron chi connectivity index (χ3n) is 2.65. The van der Waals surface area contributed by atoms with E-state index in [1.54, 1.807) is 12.1 Å². The van der Waals surface area contributed by atoms with E-state index in [0.717, 1.165) is 4.90 Å². The third kappa shape index (κ3) is 6.75. The van der Waals surface area contributed by atoms with Gasteiger partial charge in [-0.15, -0.1) is 0 Å². The van der Waals surface area contributed by atoms with E-state index in [4.69, 9.17) is 14.3 Å². The van der Waals surface area contributed by atoms with Crippen molar-refractivity contribution < 1.29 is 28.6 Å². The van der Waals surface area contributed by atoms with Gasteiger partial charge in [-0.25, -0.2) is 4.79 Å². The van der Waals surface area contributed by atoms with Gasteiger partial charge in [-0.3, -0.25) is 9.59 Å². The van der Waals surface area contributed by atoms with Crippen molar-refractivity contribution in [2.24, 2.45) is 0 Å². The summed E-state index contributed by atoms with van der Waals surface area (Å²) in [5.74, 6) is -1.06. The Morgan fingerprint density at radius 2 is 2.14 bits per heavy atom. The Bertz CT molecular complexity index is 488. The van der Waals surface area contributed by atoms with Gasteiger partial charge < -0.3 is 29.8 Å². The number of hydrogen-bond donors (Lipinski definition) is 3. The fourth-order valence-electron chi connectivity index (χ4n) is 1.57. The number of carboxylic acids is 1. The van der Waals surface area contributed by atoms with Crippen LogP contribution in [-0.2, 0) is 20.9 Å². The fraction of sp³-hybridized carbons (Fsp3) is 0.462. The van der Waals surface area contributed by atoms with Gasteiger partial charge in [0.25, 0.3) is 0 Å². The van der Waals surface area contributed by atoms with Crippen molar-refractivity contribution >= 4 is 17.9 Å². The fourth-order valence-corrected chi connectivity index (χ4v) is 1.57. The first-order chi connectivity index (χ1) is 10.5. The molecule has 0 fully saturated rings. The zero-order valence-corrected chi connectivity index (χ0v) is 12.2. The van der Waals surface area contributed by atoms with Crippen LogP contribution in [0.3, 0.4) is 0 Å². The number of carbonyl (C=O) groups is 3. The lowest BCUT2D eigenvalue weighted by Gasteiger charge is -2.20. The Labute approximate surface area is 127 Å². The lowest BCUT2D eigenvalue weighted by atomic mass is 10.4. The van der Waals surface area contributed by atoms with Crippen molar-refractivity contribution in [3.8, 4) is 0 Å². The van der Waals surface area contributed by atoms with Crippen LogP contribution >= 0.6 is 0 Å². The van der Waals surface area contributed by atoms with Crippen LogP contribution in [0.5, 0.6) is 0 Å². The van der Waals surface area contributed by atoms with Gasteiger partial charge in [-0.1, -0.05) is 0 Å². The third-order valence-corrected chi connectivity index (χ3v) is 2.65. The minimum Gasteiger partial charge on any atom is -0.480 e. The van der Waals surface area contributed by atoms with Crippen LogP contribution in [0.2, 0.25) is 0 Å². The summed E-state index contributed by atoms with van der Waals surface area (Å²) in [5.41, 5.74) is 0. The number of nitrogens with zero attached hydrogens (tertiary/aromatic N) is 1. The largest absolute Gasteiger partial charge is 0.480 e. The lowest BCUT2D eigenvalue weighted by molar-refractivity contribution is -0.144. The van der Waals surface area contributed by atoms with Crippen LogP contribution in [0.25, 0.3) is 0 Å². The highest BCUT2D eigenvalue weighted by molar-refractivity contribution is 5.86. The molecule has 1 aromatic rings. The lowest BCUT2D eigenvalue weighted by Crippen LogP contribution is -2.46. The number of ether oxygens (including phenoxy) is 1. The predicted octanol–water partition coefficient (Wildman–Crippen LogP) is -0.362. The number of nitrogens with one attached hydrogen (secondary N) is 2. The summed E-state index contributed by atoms with van der Waals surface area (Å²) in [6.45, 7) is -0.213. The highest BCUT2D eigenvalue weighted by Gasteiger charge is 2.17. The second kappa shape index (κ2) is 9.40. The molecule has 0 saturated heterocycles. The molecule has 0 spiro atoms. The topological polar surface area (TPSA) is 121 Å². The van der Waals surface area contributed by atoms with E-state index in [2.05, 4.69) is 10.6 Å². The summed E-state index contributed by atoms with van der Waals surface area (Å²) in [5, 5.41) is 13.6. The molecule has 0 atom stereocenters. The van der Waals surface area contributed by atoms with E-state index >= 15 is 0 Å². The number of carbonyl (C=O) groups excluding carboxylic acids is 2. The molecule has 9 heteroatoms. The molecule has 3 amide bonds. The van der Waals surface area contributed by atoms with E-state index in [1.165, 1.54) is 13.4 Å². The van der Waals surface area contributed by atoms with Gasteiger partial charge in [-0.05, 0) is 12.1 Å². The molecule has 0 unspecified atom stereocenters. The van der Waals surface area contributed by atoms with Crippen molar-refractivity contribution in [2.45, 2.75) is 6.54 Å². The van der Waals surface area contributed by atoms with E-state index in [1.807, 2.05) is 0 Å². The smallest absolute Gasteiger partial charge is 0.323 e. The van der Waals surface area contributed by atoms with E-state index < -0.39 is 24.5 Å². The molecule has 1 aromatic heterocycles. The molecule has 0 aliphatic heterocycles. The van der Waals surface area contributed by atoms with Crippen LogP contribution < -0.4 is 10.6 Å². The molecule has 0 saturated carbocycles. The van der Waals surface area contributed by atoms with Gasteiger partial charge in [0.1, 0.15) is 12.3 Å². The molecular formula is C13H19N3O6. The second-order valence-electron chi connectivity index (χ2n) is 4.32. The highest BCUT2D eigenvalue weighted by Crippen LogP contribution is 1.98. The van der Waals surface area contributed by atoms with Crippen molar-refractivity contribution in [3.05, 3.63) is 24.2 Å². The van der Waals surface area contributed by atoms with Crippen LogP contribution in [0.15, 0.2) is 22.8 Å². The molecule has 122 valence electrons. The SMILES string of the molecule is COCCN(CC(=O)O)C(=O)CNC(=O)NCc1ccco1. The summed E-state index contributed by atoms with van der Waals surface area (Å²) in [4.78, 5) is 35.2. The number of aliphatic carboxylic acids is 1. The van der Waals surface area contributed by atoms with Gasteiger partial charge in [0.15, 0.2) is 0 Å². The first kappa shape index (κ1) is 17.5. The van der Waals surface area contributed by atoms with E-state index in [-0.39, 0.29) is 26.2 Å². The summed E-state index contributed by atoms with van der Waals surface area (Å²) >= 11 is 0. The number of methoxy groups -OCH3 is 1. The van der Waals surface area contributed by atoms with Crippen LogP contribution in [0, 0.1) is 0 Å². The first-order valence-electron chi connectivity index (χ1n) is 6.55. The predicted molar refractivity (Wildman–Crippen MR) is 75.0 cm³/mol. The number of urea groups is 1. The average Bonchev–Trinajstić information content (AvgIpc) is 2.99. The molecule has 1 rings (SSSR count). The molecular weight excluding hydrogens is 294 g/mol. The molecule has 1 heterocycles. The zero-order chi connectivity index (χ0) is 16.4. The summed E-state index contributed by atoms with van der Waals surface area (Å²) in [7, 11) is 1.45. The number of rotatable bonds is 9. The number of carboxylic acid groups (broad SMARTS) is 1. The molecule has 0 bridgehead atoms.